The molecule has 0 aliphatic heterocycles. The van der Waals surface area contributed by atoms with Crippen molar-refractivity contribution in [2.45, 2.75) is 40.7 Å². The number of urea groups is 1. The van der Waals surface area contributed by atoms with E-state index in [1.54, 1.807) is 6.92 Å². The Hall–Kier alpha value is -2.37. The fourth-order valence-electron chi connectivity index (χ4n) is 2.54. The number of carbonyl (C=O) groups excluding carboxylic acids is 1. The van der Waals surface area contributed by atoms with Gasteiger partial charge < -0.3 is 15.2 Å². The summed E-state index contributed by atoms with van der Waals surface area (Å²) in [5, 5.41) is 9.26. The molecule has 2 aromatic rings. The molecule has 0 atom stereocenters. The Labute approximate surface area is 130 Å². The van der Waals surface area contributed by atoms with Gasteiger partial charge in [-0.05, 0) is 43.9 Å². The molecule has 0 aliphatic rings. The zero-order chi connectivity index (χ0) is 16.1. The summed E-state index contributed by atoms with van der Waals surface area (Å²) in [5.74, 6) is 0.959. The minimum Gasteiger partial charge on any atom is -0.340 e. The number of carbonyl (C=O) groups is 1. The molecule has 6 nitrogen and oxygen atoms in total. The predicted octanol–water partition coefficient (Wildman–Crippen LogP) is 2.35. The molecule has 6 heteroatoms. The predicted molar refractivity (Wildman–Crippen MR) is 83.6 cm³/mol. The van der Waals surface area contributed by atoms with Crippen LogP contribution >= 0.6 is 0 Å². The summed E-state index contributed by atoms with van der Waals surface area (Å²) >= 11 is 0. The maximum Gasteiger partial charge on any atom is 0.315 e. The fraction of sp³-hybridized carbons (Fsp3) is 0.438. The Kier molecular flexibility index (Phi) is 5.14. The number of hydrogen-bond acceptors (Lipinski definition) is 4. The van der Waals surface area contributed by atoms with E-state index in [0.717, 1.165) is 6.42 Å². The van der Waals surface area contributed by atoms with Crippen LogP contribution in [0.5, 0.6) is 0 Å². The zero-order valence-corrected chi connectivity index (χ0v) is 13.5. The molecular weight excluding hydrogens is 280 g/mol. The first-order valence-electron chi connectivity index (χ1n) is 7.33. The molecule has 1 heterocycles. The van der Waals surface area contributed by atoms with E-state index in [0.29, 0.717) is 18.3 Å². The summed E-state index contributed by atoms with van der Waals surface area (Å²) in [5.41, 5.74) is 5.09. The first-order chi connectivity index (χ1) is 10.5. The van der Waals surface area contributed by atoms with Gasteiger partial charge in [0, 0.05) is 13.5 Å². The molecule has 0 saturated heterocycles. The quantitative estimate of drug-likeness (QED) is 0.888. The lowest BCUT2D eigenvalue weighted by molar-refractivity contribution is 0.240. The van der Waals surface area contributed by atoms with Gasteiger partial charge in [0.2, 0.25) is 5.89 Å². The van der Waals surface area contributed by atoms with Gasteiger partial charge in [-0.2, -0.15) is 4.98 Å². The number of aromatic nitrogens is 2. The van der Waals surface area contributed by atoms with Crippen molar-refractivity contribution in [3.8, 4) is 0 Å². The molecule has 1 aromatic heterocycles. The summed E-state index contributed by atoms with van der Waals surface area (Å²) in [7, 11) is 0. The van der Waals surface area contributed by atoms with E-state index in [4.69, 9.17) is 4.52 Å². The number of nitrogens with zero attached hydrogens (tertiary/aromatic N) is 2. The molecular formula is C16H22N4O2. The molecule has 0 spiro atoms. The number of hydrogen-bond donors (Lipinski definition) is 2. The lowest BCUT2D eigenvalue weighted by atomic mass is 9.97. The van der Waals surface area contributed by atoms with Gasteiger partial charge in [-0.3, -0.25) is 0 Å². The molecule has 2 rings (SSSR count). The van der Waals surface area contributed by atoms with Crippen molar-refractivity contribution in [1.29, 1.82) is 0 Å². The first-order valence-corrected chi connectivity index (χ1v) is 7.33. The Bertz CT molecular complexity index is 641. The highest BCUT2D eigenvalue weighted by atomic mass is 16.5. The molecule has 0 radical (unpaired) electrons. The van der Waals surface area contributed by atoms with Crippen molar-refractivity contribution in [3.63, 3.8) is 0 Å². The molecule has 2 amide bonds. The molecule has 0 aliphatic carbocycles. The molecule has 0 saturated carbocycles. The van der Waals surface area contributed by atoms with E-state index in [-0.39, 0.29) is 12.6 Å². The van der Waals surface area contributed by atoms with Crippen LogP contribution in [0.3, 0.4) is 0 Å². The van der Waals surface area contributed by atoms with E-state index in [1.807, 2.05) is 0 Å². The van der Waals surface area contributed by atoms with Crippen LogP contribution in [0.2, 0.25) is 0 Å². The average molecular weight is 302 g/mol. The highest BCUT2D eigenvalue weighted by molar-refractivity contribution is 5.73. The second-order valence-electron chi connectivity index (χ2n) is 5.47. The maximum absolute atomic E-state index is 11.7. The van der Waals surface area contributed by atoms with Crippen LogP contribution < -0.4 is 10.6 Å². The molecule has 118 valence electrons. The first kappa shape index (κ1) is 16.0. The van der Waals surface area contributed by atoms with Gasteiger partial charge in [0.25, 0.3) is 0 Å². The average Bonchev–Trinajstić information content (AvgIpc) is 2.85. The minimum absolute atomic E-state index is 0.232. The second-order valence-corrected chi connectivity index (χ2v) is 5.47. The summed E-state index contributed by atoms with van der Waals surface area (Å²) in [6, 6.07) is 4.10. The van der Waals surface area contributed by atoms with Crippen molar-refractivity contribution < 1.29 is 9.32 Å². The Morgan fingerprint density at radius 2 is 1.82 bits per heavy atom. The molecule has 1 aromatic carbocycles. The molecule has 2 N–H and O–H groups in total. The topological polar surface area (TPSA) is 80.0 Å². The number of amides is 2. The van der Waals surface area contributed by atoms with E-state index in [9.17, 15) is 4.79 Å². The van der Waals surface area contributed by atoms with Crippen LogP contribution in [-0.2, 0) is 13.0 Å². The van der Waals surface area contributed by atoms with Gasteiger partial charge in [-0.15, -0.1) is 0 Å². The lowest BCUT2D eigenvalue weighted by Crippen LogP contribution is -2.36. The third-order valence-corrected chi connectivity index (χ3v) is 3.48. The number of rotatable bonds is 5. The lowest BCUT2D eigenvalue weighted by Gasteiger charge is -2.12. The minimum atomic E-state index is -0.232. The van der Waals surface area contributed by atoms with Crippen LogP contribution in [0.15, 0.2) is 16.7 Å². The van der Waals surface area contributed by atoms with E-state index >= 15 is 0 Å². The standard InChI is InChI=1S/C16H22N4O2/c1-10-7-11(2)14(12(3)8-10)5-6-17-16(21)18-9-15-19-13(4)22-20-15/h7-8H,5-6,9H2,1-4H3,(H2,17,18,21). The van der Waals surface area contributed by atoms with Crippen LogP contribution in [-0.4, -0.2) is 22.7 Å². The Balaban J connectivity index is 1.77. The van der Waals surface area contributed by atoms with Crippen molar-refractivity contribution in [2.24, 2.45) is 0 Å². The summed E-state index contributed by atoms with van der Waals surface area (Å²) in [4.78, 5) is 15.8. The van der Waals surface area contributed by atoms with Gasteiger partial charge in [0.1, 0.15) is 0 Å². The van der Waals surface area contributed by atoms with Crippen LogP contribution in [0.25, 0.3) is 0 Å². The molecule has 0 unspecified atom stereocenters. The van der Waals surface area contributed by atoms with Crippen LogP contribution in [0.1, 0.15) is 34.0 Å². The van der Waals surface area contributed by atoms with Gasteiger partial charge in [0.05, 0.1) is 6.54 Å². The molecule has 0 bridgehead atoms. The van der Waals surface area contributed by atoms with E-state index < -0.39 is 0 Å². The largest absolute Gasteiger partial charge is 0.340 e. The second kappa shape index (κ2) is 7.06. The third-order valence-electron chi connectivity index (χ3n) is 3.48. The smallest absolute Gasteiger partial charge is 0.315 e. The Morgan fingerprint density at radius 3 is 2.41 bits per heavy atom. The van der Waals surface area contributed by atoms with Crippen molar-refractivity contribution in [1.82, 2.24) is 20.8 Å². The van der Waals surface area contributed by atoms with Gasteiger partial charge in [-0.1, -0.05) is 22.9 Å². The van der Waals surface area contributed by atoms with Crippen molar-refractivity contribution >= 4 is 6.03 Å². The van der Waals surface area contributed by atoms with Crippen molar-refractivity contribution in [3.05, 3.63) is 46.1 Å². The molecule has 0 fully saturated rings. The number of nitrogens with one attached hydrogen (secondary N) is 2. The highest BCUT2D eigenvalue weighted by Gasteiger charge is 2.07. The highest BCUT2D eigenvalue weighted by Crippen LogP contribution is 2.16. The zero-order valence-electron chi connectivity index (χ0n) is 13.5. The summed E-state index contributed by atoms with van der Waals surface area (Å²) in [6.45, 7) is 8.85. The van der Waals surface area contributed by atoms with E-state index in [2.05, 4.69) is 53.7 Å². The SMILES string of the molecule is Cc1cc(C)c(CCNC(=O)NCc2noc(C)n2)c(C)c1. The maximum atomic E-state index is 11.7. The van der Waals surface area contributed by atoms with Gasteiger partial charge in [-0.25, -0.2) is 4.79 Å². The third kappa shape index (κ3) is 4.31. The van der Waals surface area contributed by atoms with Gasteiger partial charge >= 0.3 is 6.03 Å². The van der Waals surface area contributed by atoms with Crippen LogP contribution in [0, 0.1) is 27.7 Å². The fourth-order valence-corrected chi connectivity index (χ4v) is 2.54. The van der Waals surface area contributed by atoms with Crippen molar-refractivity contribution in [2.75, 3.05) is 6.54 Å². The Morgan fingerprint density at radius 1 is 1.14 bits per heavy atom. The summed E-state index contributed by atoms with van der Waals surface area (Å²) < 4.78 is 4.84. The summed E-state index contributed by atoms with van der Waals surface area (Å²) in [6.07, 6.45) is 0.812. The monoisotopic (exact) mass is 302 g/mol. The normalized spacial score (nSPS) is 10.5. The molecule has 22 heavy (non-hydrogen) atoms. The van der Waals surface area contributed by atoms with Gasteiger partial charge in [0.15, 0.2) is 5.82 Å². The number of aryl methyl sites for hydroxylation is 4. The van der Waals surface area contributed by atoms with E-state index in [1.165, 1.54) is 22.3 Å². The number of benzene rings is 1. The van der Waals surface area contributed by atoms with Crippen LogP contribution in [0.4, 0.5) is 4.79 Å².